The summed E-state index contributed by atoms with van der Waals surface area (Å²) in [4.78, 5) is 37.2. The van der Waals surface area contributed by atoms with Crippen LogP contribution in [0, 0.1) is 11.8 Å². The first-order valence-corrected chi connectivity index (χ1v) is 8.78. The number of benzene rings is 1. The van der Waals surface area contributed by atoms with Gasteiger partial charge in [0.05, 0.1) is 17.5 Å². The van der Waals surface area contributed by atoms with Crippen molar-refractivity contribution >= 4 is 39.4 Å². The molecule has 0 aromatic heterocycles. The van der Waals surface area contributed by atoms with E-state index >= 15 is 0 Å². The second kappa shape index (κ2) is 8.28. The van der Waals surface area contributed by atoms with Crippen LogP contribution in [0.3, 0.4) is 0 Å². The van der Waals surface area contributed by atoms with Gasteiger partial charge in [-0.3, -0.25) is 14.4 Å². The van der Waals surface area contributed by atoms with Crippen molar-refractivity contribution in [1.29, 1.82) is 0 Å². The lowest BCUT2D eigenvalue weighted by molar-refractivity contribution is -0.142. The zero-order chi connectivity index (χ0) is 17.7. The van der Waals surface area contributed by atoms with Crippen LogP contribution in [0.2, 0.25) is 0 Å². The van der Waals surface area contributed by atoms with Crippen LogP contribution in [-0.4, -0.2) is 36.0 Å². The average molecular weight is 397 g/mol. The number of aliphatic carboxylic acids is 1. The maximum Gasteiger partial charge on any atom is 0.308 e. The zero-order valence-electron chi connectivity index (χ0n) is 13.5. The van der Waals surface area contributed by atoms with Crippen molar-refractivity contribution in [2.45, 2.75) is 26.2 Å². The number of halogens is 1. The van der Waals surface area contributed by atoms with E-state index in [1.807, 2.05) is 31.2 Å². The smallest absolute Gasteiger partial charge is 0.308 e. The number of nitrogens with zero attached hydrogens (tertiary/aromatic N) is 1. The SMILES string of the molecule is CCCC(CNC(=O)C1CC(=O)N(c2ccccc2Br)C1)C(=O)O. The number of anilines is 1. The fourth-order valence-corrected chi connectivity index (χ4v) is 3.31. The number of carbonyl (C=O) groups excluding carboxylic acids is 2. The Morgan fingerprint density at radius 3 is 2.75 bits per heavy atom. The predicted octanol–water partition coefficient (Wildman–Crippen LogP) is 2.42. The number of rotatable bonds is 7. The molecule has 1 aliphatic heterocycles. The molecule has 0 aliphatic carbocycles. The number of nitrogens with one attached hydrogen (secondary N) is 1. The van der Waals surface area contributed by atoms with Gasteiger partial charge in [-0.1, -0.05) is 25.5 Å². The van der Waals surface area contributed by atoms with Gasteiger partial charge in [0.25, 0.3) is 0 Å². The minimum atomic E-state index is -0.908. The van der Waals surface area contributed by atoms with Gasteiger partial charge in [0.1, 0.15) is 0 Å². The normalized spacial score (nSPS) is 18.5. The number of hydrogen-bond donors (Lipinski definition) is 2. The van der Waals surface area contributed by atoms with Gasteiger partial charge in [0.15, 0.2) is 0 Å². The summed E-state index contributed by atoms with van der Waals surface area (Å²) in [6.07, 6.45) is 1.39. The lowest BCUT2D eigenvalue weighted by Gasteiger charge is -2.18. The van der Waals surface area contributed by atoms with Crippen LogP contribution in [-0.2, 0) is 14.4 Å². The maximum absolute atomic E-state index is 12.3. The molecule has 24 heavy (non-hydrogen) atoms. The molecule has 1 aliphatic rings. The van der Waals surface area contributed by atoms with E-state index in [4.69, 9.17) is 5.11 Å². The standard InChI is InChI=1S/C17H21BrN2O4/c1-2-5-11(17(23)24)9-19-16(22)12-8-15(21)20(10-12)14-7-4-3-6-13(14)18/h3-4,6-7,11-12H,2,5,8-10H2,1H3,(H,19,22)(H,23,24). The van der Waals surface area contributed by atoms with E-state index < -0.39 is 17.8 Å². The molecule has 7 heteroatoms. The van der Waals surface area contributed by atoms with Crippen LogP contribution < -0.4 is 10.2 Å². The number of carboxylic acid groups (broad SMARTS) is 1. The van der Waals surface area contributed by atoms with E-state index in [0.717, 1.165) is 16.6 Å². The fourth-order valence-electron chi connectivity index (χ4n) is 2.82. The van der Waals surface area contributed by atoms with E-state index in [1.165, 1.54) is 0 Å². The predicted molar refractivity (Wildman–Crippen MR) is 93.6 cm³/mol. The molecule has 130 valence electrons. The molecule has 2 rings (SSSR count). The third kappa shape index (κ3) is 4.35. The van der Waals surface area contributed by atoms with Crippen molar-refractivity contribution in [2.24, 2.45) is 11.8 Å². The van der Waals surface area contributed by atoms with Crippen LogP contribution in [0.4, 0.5) is 5.69 Å². The fraction of sp³-hybridized carbons (Fsp3) is 0.471. The molecule has 6 nitrogen and oxygen atoms in total. The highest BCUT2D eigenvalue weighted by Gasteiger charge is 2.36. The Balaban J connectivity index is 1.96. The first-order chi connectivity index (χ1) is 11.4. The second-order valence-electron chi connectivity index (χ2n) is 5.93. The summed E-state index contributed by atoms with van der Waals surface area (Å²) in [6.45, 7) is 2.31. The Kier molecular flexibility index (Phi) is 6.36. The first kappa shape index (κ1) is 18.4. The Hall–Kier alpha value is -1.89. The molecule has 1 heterocycles. The van der Waals surface area contributed by atoms with E-state index in [1.54, 1.807) is 4.90 Å². The molecule has 0 bridgehead atoms. The topological polar surface area (TPSA) is 86.7 Å². The van der Waals surface area contributed by atoms with Crippen molar-refractivity contribution in [3.63, 3.8) is 0 Å². The Labute approximate surface area is 149 Å². The largest absolute Gasteiger partial charge is 0.481 e. The molecule has 1 fully saturated rings. The second-order valence-corrected chi connectivity index (χ2v) is 6.78. The van der Waals surface area contributed by atoms with E-state index in [-0.39, 0.29) is 24.8 Å². The van der Waals surface area contributed by atoms with Crippen molar-refractivity contribution in [1.82, 2.24) is 5.32 Å². The summed E-state index contributed by atoms with van der Waals surface area (Å²) in [5.74, 6) is -2.32. The number of para-hydroxylation sites is 1. The molecule has 2 amide bonds. The van der Waals surface area contributed by atoms with Crippen LogP contribution in [0.1, 0.15) is 26.2 Å². The van der Waals surface area contributed by atoms with Crippen molar-refractivity contribution < 1.29 is 19.5 Å². The number of carboxylic acids is 1. The van der Waals surface area contributed by atoms with Crippen LogP contribution in [0.15, 0.2) is 28.7 Å². The molecule has 1 saturated heterocycles. The molecular weight excluding hydrogens is 376 g/mol. The highest BCUT2D eigenvalue weighted by molar-refractivity contribution is 9.10. The van der Waals surface area contributed by atoms with E-state index in [2.05, 4.69) is 21.2 Å². The molecule has 2 atom stereocenters. The number of hydrogen-bond acceptors (Lipinski definition) is 3. The molecular formula is C17H21BrN2O4. The minimum Gasteiger partial charge on any atom is -0.481 e. The molecule has 2 unspecified atom stereocenters. The van der Waals surface area contributed by atoms with Gasteiger partial charge in [-0.15, -0.1) is 0 Å². The van der Waals surface area contributed by atoms with Gasteiger partial charge in [-0.2, -0.15) is 0 Å². The summed E-state index contributed by atoms with van der Waals surface area (Å²) in [7, 11) is 0. The lowest BCUT2D eigenvalue weighted by Crippen LogP contribution is -2.37. The molecule has 2 N–H and O–H groups in total. The molecule has 0 saturated carbocycles. The summed E-state index contributed by atoms with van der Waals surface area (Å²) >= 11 is 3.41. The average Bonchev–Trinajstić information content (AvgIpc) is 2.93. The quantitative estimate of drug-likeness (QED) is 0.740. The minimum absolute atomic E-state index is 0.0989. The number of amides is 2. The third-order valence-electron chi connectivity index (χ3n) is 4.15. The van der Waals surface area contributed by atoms with Gasteiger partial charge in [-0.25, -0.2) is 0 Å². The molecule has 1 aromatic rings. The van der Waals surface area contributed by atoms with Crippen molar-refractivity contribution in [3.05, 3.63) is 28.7 Å². The van der Waals surface area contributed by atoms with E-state index in [9.17, 15) is 14.4 Å². The summed E-state index contributed by atoms with van der Waals surface area (Å²) < 4.78 is 0.799. The van der Waals surface area contributed by atoms with Crippen LogP contribution >= 0.6 is 15.9 Å². The Morgan fingerprint density at radius 2 is 2.12 bits per heavy atom. The lowest BCUT2D eigenvalue weighted by atomic mass is 10.0. The Bertz CT molecular complexity index is 635. The van der Waals surface area contributed by atoms with Crippen LogP contribution in [0.25, 0.3) is 0 Å². The van der Waals surface area contributed by atoms with Gasteiger partial charge in [0.2, 0.25) is 11.8 Å². The van der Waals surface area contributed by atoms with Crippen molar-refractivity contribution in [3.8, 4) is 0 Å². The van der Waals surface area contributed by atoms with Crippen molar-refractivity contribution in [2.75, 3.05) is 18.0 Å². The maximum atomic E-state index is 12.3. The molecule has 0 radical (unpaired) electrons. The highest BCUT2D eigenvalue weighted by Crippen LogP contribution is 2.31. The van der Waals surface area contributed by atoms with Crippen LogP contribution in [0.5, 0.6) is 0 Å². The van der Waals surface area contributed by atoms with Gasteiger partial charge in [-0.05, 0) is 34.5 Å². The summed E-state index contributed by atoms with van der Waals surface area (Å²) in [5, 5.41) is 11.8. The summed E-state index contributed by atoms with van der Waals surface area (Å²) in [5.41, 5.74) is 0.743. The first-order valence-electron chi connectivity index (χ1n) is 7.99. The highest BCUT2D eigenvalue weighted by atomic mass is 79.9. The van der Waals surface area contributed by atoms with E-state index in [0.29, 0.717) is 13.0 Å². The van der Waals surface area contributed by atoms with Gasteiger partial charge in [0, 0.05) is 24.0 Å². The molecule has 0 spiro atoms. The monoisotopic (exact) mass is 396 g/mol. The number of carbonyl (C=O) groups is 3. The Morgan fingerprint density at radius 1 is 1.42 bits per heavy atom. The summed E-state index contributed by atoms with van der Waals surface area (Å²) in [6, 6.07) is 7.36. The van der Waals surface area contributed by atoms with Gasteiger partial charge >= 0.3 is 5.97 Å². The molecule has 1 aromatic carbocycles. The zero-order valence-corrected chi connectivity index (χ0v) is 15.1. The van der Waals surface area contributed by atoms with Gasteiger partial charge < -0.3 is 15.3 Å². The third-order valence-corrected chi connectivity index (χ3v) is 4.82.